The lowest BCUT2D eigenvalue weighted by molar-refractivity contribution is -0.122. The predicted octanol–water partition coefficient (Wildman–Crippen LogP) is 1.56. The standard InChI is InChI=1S/C17H22N4O3/c22-15-17(14-13(20-15)2-1-8-18-14)6-3-12(4-7-17)21-9-5-11(10-21)19-16(23)24/h1-2,8,11-12,19H,3-7,9-10H2,(H,20,22)(H,23,24)/t11-,12?,17?/m1/s1. The van der Waals surface area contributed by atoms with Crippen molar-refractivity contribution in [2.75, 3.05) is 18.4 Å². The highest BCUT2D eigenvalue weighted by atomic mass is 16.4. The number of nitrogens with zero attached hydrogens (tertiary/aromatic N) is 2. The molecule has 1 aliphatic carbocycles. The van der Waals surface area contributed by atoms with Gasteiger partial charge in [-0.3, -0.25) is 14.7 Å². The molecule has 128 valence electrons. The molecule has 2 aliphatic heterocycles. The number of carbonyl (C=O) groups is 2. The first kappa shape index (κ1) is 15.4. The lowest BCUT2D eigenvalue weighted by Gasteiger charge is -2.38. The third kappa shape index (κ3) is 2.43. The molecule has 1 aromatic rings. The van der Waals surface area contributed by atoms with Gasteiger partial charge in [0.2, 0.25) is 5.91 Å². The quantitative estimate of drug-likeness (QED) is 0.765. The van der Waals surface area contributed by atoms with Gasteiger partial charge in [0.15, 0.2) is 0 Å². The topological polar surface area (TPSA) is 94.6 Å². The van der Waals surface area contributed by atoms with E-state index >= 15 is 0 Å². The van der Waals surface area contributed by atoms with Crippen molar-refractivity contribution < 1.29 is 14.7 Å². The second-order valence-corrected chi connectivity index (χ2v) is 7.10. The van der Waals surface area contributed by atoms with Crippen LogP contribution >= 0.6 is 0 Å². The van der Waals surface area contributed by atoms with Crippen LogP contribution in [0, 0.1) is 0 Å². The molecule has 1 saturated carbocycles. The number of pyridine rings is 1. The summed E-state index contributed by atoms with van der Waals surface area (Å²) in [6, 6.07) is 4.22. The number of anilines is 1. The Hall–Kier alpha value is -2.15. The van der Waals surface area contributed by atoms with Crippen LogP contribution in [0.3, 0.4) is 0 Å². The zero-order valence-electron chi connectivity index (χ0n) is 13.5. The van der Waals surface area contributed by atoms with Crippen molar-refractivity contribution in [3.8, 4) is 0 Å². The van der Waals surface area contributed by atoms with E-state index in [1.165, 1.54) is 0 Å². The number of carboxylic acid groups (broad SMARTS) is 1. The lowest BCUT2D eigenvalue weighted by atomic mass is 9.70. The van der Waals surface area contributed by atoms with Crippen molar-refractivity contribution in [1.29, 1.82) is 0 Å². The average molecular weight is 330 g/mol. The van der Waals surface area contributed by atoms with Crippen LogP contribution in [0.25, 0.3) is 0 Å². The van der Waals surface area contributed by atoms with Crippen LogP contribution in [0.5, 0.6) is 0 Å². The van der Waals surface area contributed by atoms with E-state index in [-0.39, 0.29) is 11.9 Å². The summed E-state index contributed by atoms with van der Waals surface area (Å²) < 4.78 is 0. The summed E-state index contributed by atoms with van der Waals surface area (Å²) in [4.78, 5) is 30.2. The smallest absolute Gasteiger partial charge is 0.404 e. The second-order valence-electron chi connectivity index (χ2n) is 7.10. The van der Waals surface area contributed by atoms with E-state index in [0.29, 0.717) is 6.04 Å². The zero-order valence-corrected chi connectivity index (χ0v) is 13.5. The van der Waals surface area contributed by atoms with E-state index in [9.17, 15) is 9.59 Å². The van der Waals surface area contributed by atoms with E-state index in [1.807, 2.05) is 12.1 Å². The number of fused-ring (bicyclic) bond motifs is 2. The van der Waals surface area contributed by atoms with Gasteiger partial charge in [0.1, 0.15) is 0 Å². The highest BCUT2D eigenvalue weighted by Gasteiger charge is 2.50. The zero-order chi connectivity index (χ0) is 16.7. The average Bonchev–Trinajstić information content (AvgIpc) is 3.12. The Morgan fingerprint density at radius 3 is 2.92 bits per heavy atom. The molecule has 0 bridgehead atoms. The summed E-state index contributed by atoms with van der Waals surface area (Å²) in [5.74, 6) is 0.0847. The predicted molar refractivity (Wildman–Crippen MR) is 87.9 cm³/mol. The number of amides is 2. The van der Waals surface area contributed by atoms with Crippen molar-refractivity contribution >= 4 is 17.7 Å². The molecule has 4 rings (SSSR count). The molecule has 3 heterocycles. The lowest BCUT2D eigenvalue weighted by Crippen LogP contribution is -2.46. The summed E-state index contributed by atoms with van der Waals surface area (Å²) in [6.07, 6.45) is 5.18. The number of hydrogen-bond donors (Lipinski definition) is 3. The second kappa shape index (κ2) is 5.73. The molecule has 2 amide bonds. The molecule has 24 heavy (non-hydrogen) atoms. The number of hydrogen-bond acceptors (Lipinski definition) is 4. The van der Waals surface area contributed by atoms with E-state index in [0.717, 1.165) is 56.6 Å². The highest BCUT2D eigenvalue weighted by Crippen LogP contribution is 2.47. The van der Waals surface area contributed by atoms with Crippen LogP contribution in [-0.4, -0.2) is 52.2 Å². The van der Waals surface area contributed by atoms with Crippen LogP contribution < -0.4 is 10.6 Å². The summed E-state index contributed by atoms with van der Waals surface area (Å²) in [6.45, 7) is 1.69. The molecule has 1 aromatic heterocycles. The molecule has 0 radical (unpaired) electrons. The maximum absolute atomic E-state index is 12.6. The molecular weight excluding hydrogens is 308 g/mol. The first-order valence-electron chi connectivity index (χ1n) is 8.59. The fraction of sp³-hybridized carbons (Fsp3) is 0.588. The van der Waals surface area contributed by atoms with Crippen molar-refractivity contribution in [2.24, 2.45) is 0 Å². The van der Waals surface area contributed by atoms with Gasteiger partial charge >= 0.3 is 6.09 Å². The van der Waals surface area contributed by atoms with Gasteiger partial charge in [-0.15, -0.1) is 0 Å². The fourth-order valence-corrected chi connectivity index (χ4v) is 4.57. The fourth-order valence-electron chi connectivity index (χ4n) is 4.57. The number of carbonyl (C=O) groups excluding carboxylic acids is 1. The number of aromatic nitrogens is 1. The third-order valence-electron chi connectivity index (χ3n) is 5.82. The van der Waals surface area contributed by atoms with Gasteiger partial charge in [-0.05, 0) is 44.2 Å². The molecule has 2 fully saturated rings. The van der Waals surface area contributed by atoms with Crippen molar-refractivity contribution in [3.63, 3.8) is 0 Å². The van der Waals surface area contributed by atoms with Gasteiger partial charge in [0, 0.05) is 31.4 Å². The van der Waals surface area contributed by atoms with Crippen molar-refractivity contribution in [2.45, 2.75) is 49.6 Å². The molecule has 1 saturated heterocycles. The highest BCUT2D eigenvalue weighted by molar-refractivity contribution is 6.05. The third-order valence-corrected chi connectivity index (χ3v) is 5.82. The number of rotatable bonds is 2. The van der Waals surface area contributed by atoms with Gasteiger partial charge < -0.3 is 15.7 Å². The molecule has 1 atom stereocenters. The SMILES string of the molecule is O=C(O)N[C@@H]1CCN(C2CCC3(CC2)C(=O)Nc2cccnc23)C1. The summed E-state index contributed by atoms with van der Waals surface area (Å²) in [7, 11) is 0. The monoisotopic (exact) mass is 330 g/mol. The van der Waals surface area contributed by atoms with E-state index < -0.39 is 11.5 Å². The Labute approximate surface area is 140 Å². The first-order valence-corrected chi connectivity index (χ1v) is 8.59. The molecule has 7 heteroatoms. The van der Waals surface area contributed by atoms with E-state index in [4.69, 9.17) is 5.11 Å². The molecule has 1 spiro atoms. The number of nitrogens with one attached hydrogen (secondary N) is 2. The minimum absolute atomic E-state index is 0.0237. The summed E-state index contributed by atoms with van der Waals surface area (Å²) >= 11 is 0. The minimum atomic E-state index is -0.949. The van der Waals surface area contributed by atoms with Crippen molar-refractivity contribution in [1.82, 2.24) is 15.2 Å². The van der Waals surface area contributed by atoms with Crippen LogP contribution in [0.4, 0.5) is 10.5 Å². The molecular formula is C17H22N4O3. The maximum atomic E-state index is 12.6. The molecule has 0 aromatic carbocycles. The van der Waals surface area contributed by atoms with E-state index in [2.05, 4.69) is 20.5 Å². The molecule has 3 aliphatic rings. The summed E-state index contributed by atoms with van der Waals surface area (Å²) in [5.41, 5.74) is 1.29. The van der Waals surface area contributed by atoms with Gasteiger partial charge in [-0.25, -0.2) is 4.79 Å². The van der Waals surface area contributed by atoms with Crippen LogP contribution in [-0.2, 0) is 10.2 Å². The van der Waals surface area contributed by atoms with Crippen LogP contribution in [0.15, 0.2) is 18.3 Å². The Balaban J connectivity index is 1.43. The Kier molecular flexibility index (Phi) is 3.68. The van der Waals surface area contributed by atoms with E-state index in [1.54, 1.807) is 6.20 Å². The first-order chi connectivity index (χ1) is 11.6. The number of likely N-dealkylation sites (tertiary alicyclic amines) is 1. The Bertz CT molecular complexity index is 670. The normalized spacial score (nSPS) is 32.6. The van der Waals surface area contributed by atoms with Crippen LogP contribution in [0.2, 0.25) is 0 Å². The Morgan fingerprint density at radius 1 is 1.38 bits per heavy atom. The molecule has 0 unspecified atom stereocenters. The largest absolute Gasteiger partial charge is 0.465 e. The maximum Gasteiger partial charge on any atom is 0.404 e. The Morgan fingerprint density at radius 2 is 2.17 bits per heavy atom. The van der Waals surface area contributed by atoms with Gasteiger partial charge in [-0.1, -0.05) is 0 Å². The van der Waals surface area contributed by atoms with Gasteiger partial charge in [0.05, 0.1) is 16.8 Å². The van der Waals surface area contributed by atoms with Crippen LogP contribution in [0.1, 0.15) is 37.8 Å². The molecule has 3 N–H and O–H groups in total. The van der Waals surface area contributed by atoms with Gasteiger partial charge in [-0.2, -0.15) is 0 Å². The molecule has 7 nitrogen and oxygen atoms in total. The van der Waals surface area contributed by atoms with Crippen molar-refractivity contribution in [3.05, 3.63) is 24.0 Å². The minimum Gasteiger partial charge on any atom is -0.465 e. The van der Waals surface area contributed by atoms with Gasteiger partial charge in [0.25, 0.3) is 0 Å². The summed E-state index contributed by atoms with van der Waals surface area (Å²) in [5, 5.41) is 14.4.